The van der Waals surface area contributed by atoms with E-state index >= 15 is 0 Å². The molecule has 0 unspecified atom stereocenters. The van der Waals surface area contributed by atoms with E-state index in [9.17, 15) is 9.59 Å². The first kappa shape index (κ1) is 14.9. The first-order valence-corrected chi connectivity index (χ1v) is 6.77. The standard InChI is InChI=1S/C12H18N6O3/c1-3-21-12(20)18-6-4-9(5-7-18)15-17-11-13-10(19)8(2)14-16-11/h3-7H2,1-2H3,(H2,13,16,17,19). The van der Waals surface area contributed by atoms with Crippen molar-refractivity contribution in [3.8, 4) is 0 Å². The number of hydrazone groups is 1. The van der Waals surface area contributed by atoms with Gasteiger partial charge in [-0.3, -0.25) is 9.78 Å². The van der Waals surface area contributed by atoms with Gasteiger partial charge >= 0.3 is 6.09 Å². The number of likely N-dealkylation sites (tertiary alicyclic amines) is 1. The lowest BCUT2D eigenvalue weighted by molar-refractivity contribution is 0.107. The summed E-state index contributed by atoms with van der Waals surface area (Å²) in [6.45, 7) is 4.86. The number of hydrogen-bond donors (Lipinski definition) is 2. The first-order valence-electron chi connectivity index (χ1n) is 6.77. The van der Waals surface area contributed by atoms with Crippen LogP contribution in [0.25, 0.3) is 0 Å². The van der Waals surface area contributed by atoms with Crippen LogP contribution in [-0.2, 0) is 4.74 Å². The van der Waals surface area contributed by atoms with Gasteiger partial charge in [0.05, 0.1) is 6.61 Å². The molecule has 2 heterocycles. The number of nitrogens with zero attached hydrogens (tertiary/aromatic N) is 4. The van der Waals surface area contributed by atoms with Gasteiger partial charge in [0.15, 0.2) is 0 Å². The zero-order valence-corrected chi connectivity index (χ0v) is 12.0. The van der Waals surface area contributed by atoms with Gasteiger partial charge in [-0.15, -0.1) is 10.2 Å². The molecular weight excluding hydrogens is 276 g/mol. The maximum absolute atomic E-state index is 11.5. The van der Waals surface area contributed by atoms with Crippen molar-refractivity contribution in [1.82, 2.24) is 20.1 Å². The Balaban J connectivity index is 1.88. The smallest absolute Gasteiger partial charge is 0.409 e. The Morgan fingerprint density at radius 2 is 2.14 bits per heavy atom. The van der Waals surface area contributed by atoms with Crippen molar-refractivity contribution < 1.29 is 9.53 Å². The number of hydrogen-bond acceptors (Lipinski definition) is 7. The lowest BCUT2D eigenvalue weighted by atomic mass is 10.1. The fraction of sp³-hybridized carbons (Fsp3) is 0.583. The Kier molecular flexibility index (Phi) is 4.85. The molecule has 2 N–H and O–H groups in total. The van der Waals surface area contributed by atoms with E-state index in [1.165, 1.54) is 0 Å². The Morgan fingerprint density at radius 3 is 2.76 bits per heavy atom. The molecule has 0 aliphatic carbocycles. The van der Waals surface area contributed by atoms with Crippen LogP contribution in [0.5, 0.6) is 0 Å². The van der Waals surface area contributed by atoms with E-state index in [0.29, 0.717) is 38.2 Å². The second kappa shape index (κ2) is 6.82. The van der Waals surface area contributed by atoms with Gasteiger partial charge in [-0.1, -0.05) is 0 Å². The van der Waals surface area contributed by atoms with Crippen LogP contribution in [0.1, 0.15) is 25.5 Å². The Morgan fingerprint density at radius 1 is 1.43 bits per heavy atom. The van der Waals surface area contributed by atoms with E-state index in [2.05, 4.69) is 25.7 Å². The van der Waals surface area contributed by atoms with Crippen LogP contribution in [0, 0.1) is 6.92 Å². The Bertz CT molecular complexity index is 587. The molecule has 9 nitrogen and oxygen atoms in total. The molecule has 114 valence electrons. The molecule has 1 fully saturated rings. The molecule has 0 bridgehead atoms. The van der Waals surface area contributed by atoms with Gasteiger partial charge in [-0.2, -0.15) is 5.10 Å². The zero-order valence-electron chi connectivity index (χ0n) is 12.0. The summed E-state index contributed by atoms with van der Waals surface area (Å²) in [5.41, 5.74) is 3.58. The van der Waals surface area contributed by atoms with Crippen molar-refractivity contribution in [2.75, 3.05) is 25.1 Å². The maximum atomic E-state index is 11.5. The van der Waals surface area contributed by atoms with E-state index < -0.39 is 0 Å². The van der Waals surface area contributed by atoms with Crippen LogP contribution in [0.2, 0.25) is 0 Å². The minimum Gasteiger partial charge on any atom is -0.450 e. The summed E-state index contributed by atoms with van der Waals surface area (Å²) in [6, 6.07) is 0. The summed E-state index contributed by atoms with van der Waals surface area (Å²) in [7, 11) is 0. The molecule has 1 saturated heterocycles. The van der Waals surface area contributed by atoms with Crippen molar-refractivity contribution >= 4 is 17.8 Å². The third-order valence-corrected chi connectivity index (χ3v) is 3.05. The highest BCUT2D eigenvalue weighted by Crippen LogP contribution is 2.09. The van der Waals surface area contributed by atoms with Crippen LogP contribution in [0.4, 0.5) is 10.7 Å². The summed E-state index contributed by atoms with van der Waals surface area (Å²) in [5.74, 6) is 0.200. The number of aryl methyl sites for hydroxylation is 1. The van der Waals surface area contributed by atoms with Crippen LogP contribution in [-0.4, -0.2) is 51.6 Å². The monoisotopic (exact) mass is 294 g/mol. The second-order valence-corrected chi connectivity index (χ2v) is 4.56. The number of aromatic nitrogens is 3. The number of carbonyl (C=O) groups is 1. The van der Waals surface area contributed by atoms with Crippen LogP contribution in [0.3, 0.4) is 0 Å². The predicted octanol–water partition coefficient (Wildman–Crippen LogP) is 0.494. The Hall–Kier alpha value is -2.45. The summed E-state index contributed by atoms with van der Waals surface area (Å²) in [4.78, 5) is 27.1. The van der Waals surface area contributed by atoms with E-state index in [1.54, 1.807) is 18.7 Å². The SMILES string of the molecule is CCOC(=O)N1CCC(=NNc2nnc(C)c(=O)[nH]2)CC1. The van der Waals surface area contributed by atoms with Gasteiger partial charge in [0.1, 0.15) is 5.69 Å². The normalized spacial score (nSPS) is 14.8. The third kappa shape index (κ3) is 4.01. The molecule has 2 rings (SSSR count). The lowest BCUT2D eigenvalue weighted by Crippen LogP contribution is -2.39. The average molecular weight is 294 g/mol. The number of aromatic amines is 1. The van der Waals surface area contributed by atoms with Crippen LogP contribution < -0.4 is 11.0 Å². The highest BCUT2D eigenvalue weighted by Gasteiger charge is 2.20. The number of rotatable bonds is 3. The molecule has 0 radical (unpaired) electrons. The van der Waals surface area contributed by atoms with E-state index in [4.69, 9.17) is 4.74 Å². The lowest BCUT2D eigenvalue weighted by Gasteiger charge is -2.26. The van der Waals surface area contributed by atoms with Crippen LogP contribution >= 0.6 is 0 Å². The number of H-pyrrole nitrogens is 1. The van der Waals surface area contributed by atoms with Gasteiger partial charge in [-0.25, -0.2) is 10.2 Å². The number of nitrogens with one attached hydrogen (secondary N) is 2. The maximum Gasteiger partial charge on any atom is 0.409 e. The van der Waals surface area contributed by atoms with Crippen molar-refractivity contribution in [1.29, 1.82) is 0 Å². The van der Waals surface area contributed by atoms with Gasteiger partial charge in [0.25, 0.3) is 5.56 Å². The van der Waals surface area contributed by atoms with Crippen molar-refractivity contribution in [3.05, 3.63) is 16.0 Å². The number of carbonyl (C=O) groups excluding carboxylic acids is 1. The number of anilines is 1. The number of amides is 1. The topological polar surface area (TPSA) is 113 Å². The molecule has 0 atom stereocenters. The molecule has 0 saturated carbocycles. The molecule has 21 heavy (non-hydrogen) atoms. The number of ether oxygens (including phenoxy) is 1. The van der Waals surface area contributed by atoms with E-state index in [1.807, 2.05) is 0 Å². The van der Waals surface area contributed by atoms with E-state index in [0.717, 1.165) is 5.71 Å². The summed E-state index contributed by atoms with van der Waals surface area (Å²) in [6.07, 6.45) is 1.00. The molecular formula is C12H18N6O3. The number of piperidine rings is 1. The first-order chi connectivity index (χ1) is 10.1. The molecule has 0 spiro atoms. The van der Waals surface area contributed by atoms with Gasteiger partial charge in [0.2, 0.25) is 5.95 Å². The summed E-state index contributed by atoms with van der Waals surface area (Å²) >= 11 is 0. The highest BCUT2D eigenvalue weighted by atomic mass is 16.6. The highest BCUT2D eigenvalue weighted by molar-refractivity contribution is 5.87. The van der Waals surface area contributed by atoms with Crippen molar-refractivity contribution in [3.63, 3.8) is 0 Å². The minimum atomic E-state index is -0.301. The van der Waals surface area contributed by atoms with Crippen molar-refractivity contribution in [2.45, 2.75) is 26.7 Å². The molecule has 1 amide bonds. The van der Waals surface area contributed by atoms with Crippen molar-refractivity contribution in [2.24, 2.45) is 5.10 Å². The molecule has 1 aromatic heterocycles. The van der Waals surface area contributed by atoms with Gasteiger partial charge < -0.3 is 9.64 Å². The largest absolute Gasteiger partial charge is 0.450 e. The minimum absolute atomic E-state index is 0.200. The summed E-state index contributed by atoms with van der Waals surface area (Å²) in [5, 5.41) is 11.7. The molecule has 1 aliphatic rings. The fourth-order valence-corrected chi connectivity index (χ4v) is 1.85. The van der Waals surface area contributed by atoms with Crippen LogP contribution in [0.15, 0.2) is 9.90 Å². The predicted molar refractivity (Wildman–Crippen MR) is 76.3 cm³/mol. The zero-order chi connectivity index (χ0) is 15.2. The van der Waals surface area contributed by atoms with Gasteiger partial charge in [-0.05, 0) is 13.8 Å². The molecule has 1 aliphatic heterocycles. The quantitative estimate of drug-likeness (QED) is 0.785. The second-order valence-electron chi connectivity index (χ2n) is 4.56. The third-order valence-electron chi connectivity index (χ3n) is 3.05. The van der Waals surface area contributed by atoms with Gasteiger partial charge in [0, 0.05) is 31.6 Å². The molecule has 0 aromatic carbocycles. The fourth-order valence-electron chi connectivity index (χ4n) is 1.85. The molecule has 1 aromatic rings. The van der Waals surface area contributed by atoms with E-state index in [-0.39, 0.29) is 17.6 Å². The average Bonchev–Trinajstić information content (AvgIpc) is 2.49. The molecule has 9 heteroatoms. The summed E-state index contributed by atoms with van der Waals surface area (Å²) < 4.78 is 4.94. The Labute approximate surface area is 121 Å².